The third-order valence-corrected chi connectivity index (χ3v) is 3.08. The zero-order valence-electron chi connectivity index (χ0n) is 11.1. The highest BCUT2D eigenvalue weighted by Crippen LogP contribution is 2.22. The van der Waals surface area contributed by atoms with Crippen LogP contribution in [0.15, 0.2) is 0 Å². The molecule has 16 heavy (non-hydrogen) atoms. The average molecular weight is 229 g/mol. The van der Waals surface area contributed by atoms with Crippen LogP contribution in [0.4, 0.5) is 0 Å². The van der Waals surface area contributed by atoms with Crippen molar-refractivity contribution < 1.29 is 9.47 Å². The van der Waals surface area contributed by atoms with Gasteiger partial charge in [0.15, 0.2) is 0 Å². The van der Waals surface area contributed by atoms with E-state index >= 15 is 0 Å². The third-order valence-electron chi connectivity index (χ3n) is 3.08. The van der Waals surface area contributed by atoms with Gasteiger partial charge in [-0.1, -0.05) is 27.2 Å². The standard InChI is InChI=1S/C13H27NO2/c1-4-5-13(2,3)12-16-11-8-14-6-9-15-10-7-14/h4-12H2,1-3H3. The second-order valence-corrected chi connectivity index (χ2v) is 5.42. The van der Waals surface area contributed by atoms with E-state index in [0.717, 1.165) is 46.1 Å². The molecule has 0 aromatic carbocycles. The summed E-state index contributed by atoms with van der Waals surface area (Å²) in [5.41, 5.74) is 0.333. The summed E-state index contributed by atoms with van der Waals surface area (Å²) in [5, 5.41) is 0. The van der Waals surface area contributed by atoms with Gasteiger partial charge in [0.2, 0.25) is 0 Å². The van der Waals surface area contributed by atoms with Gasteiger partial charge in [-0.3, -0.25) is 4.90 Å². The molecule has 0 saturated carbocycles. The minimum absolute atomic E-state index is 0.333. The van der Waals surface area contributed by atoms with Crippen molar-refractivity contribution in [1.29, 1.82) is 0 Å². The lowest BCUT2D eigenvalue weighted by molar-refractivity contribution is 0.00620. The molecule has 1 aliphatic heterocycles. The highest BCUT2D eigenvalue weighted by Gasteiger charge is 2.17. The number of rotatable bonds is 7. The van der Waals surface area contributed by atoms with Gasteiger partial charge >= 0.3 is 0 Å². The van der Waals surface area contributed by atoms with Gasteiger partial charge in [0.25, 0.3) is 0 Å². The van der Waals surface area contributed by atoms with E-state index in [2.05, 4.69) is 25.7 Å². The predicted octanol–water partition coefficient (Wildman–Crippen LogP) is 2.16. The Morgan fingerprint density at radius 2 is 1.94 bits per heavy atom. The highest BCUT2D eigenvalue weighted by atomic mass is 16.5. The summed E-state index contributed by atoms with van der Waals surface area (Å²) in [4.78, 5) is 2.41. The molecule has 1 heterocycles. The van der Waals surface area contributed by atoms with Gasteiger partial charge in [0, 0.05) is 19.6 Å². The van der Waals surface area contributed by atoms with Crippen molar-refractivity contribution in [3.05, 3.63) is 0 Å². The number of hydrogen-bond donors (Lipinski definition) is 0. The molecule has 1 aliphatic rings. The van der Waals surface area contributed by atoms with Gasteiger partial charge in [-0.15, -0.1) is 0 Å². The maximum absolute atomic E-state index is 5.77. The smallest absolute Gasteiger partial charge is 0.0594 e. The molecular weight excluding hydrogens is 202 g/mol. The fourth-order valence-corrected chi connectivity index (χ4v) is 2.12. The molecule has 0 bridgehead atoms. The molecular formula is C13H27NO2. The zero-order valence-corrected chi connectivity index (χ0v) is 11.1. The topological polar surface area (TPSA) is 21.7 Å². The van der Waals surface area contributed by atoms with Crippen LogP contribution in [0.3, 0.4) is 0 Å². The molecule has 1 saturated heterocycles. The third kappa shape index (κ3) is 5.83. The Labute approximate surface area is 100 Å². The van der Waals surface area contributed by atoms with Crippen molar-refractivity contribution in [2.75, 3.05) is 46.1 Å². The molecule has 0 atom stereocenters. The first kappa shape index (κ1) is 13.9. The lowest BCUT2D eigenvalue weighted by atomic mass is 9.89. The first-order valence-electron chi connectivity index (χ1n) is 6.52. The summed E-state index contributed by atoms with van der Waals surface area (Å²) in [5.74, 6) is 0. The summed E-state index contributed by atoms with van der Waals surface area (Å²) in [6, 6.07) is 0. The van der Waals surface area contributed by atoms with Gasteiger partial charge < -0.3 is 9.47 Å². The maximum Gasteiger partial charge on any atom is 0.0594 e. The summed E-state index contributed by atoms with van der Waals surface area (Å²) in [7, 11) is 0. The first-order valence-corrected chi connectivity index (χ1v) is 6.52. The minimum atomic E-state index is 0.333. The fourth-order valence-electron chi connectivity index (χ4n) is 2.12. The first-order chi connectivity index (χ1) is 7.64. The van der Waals surface area contributed by atoms with Crippen LogP contribution in [-0.2, 0) is 9.47 Å². The Morgan fingerprint density at radius 3 is 2.56 bits per heavy atom. The Morgan fingerprint density at radius 1 is 1.25 bits per heavy atom. The number of nitrogens with zero attached hydrogens (tertiary/aromatic N) is 1. The van der Waals surface area contributed by atoms with Crippen LogP contribution in [-0.4, -0.2) is 51.0 Å². The van der Waals surface area contributed by atoms with E-state index in [4.69, 9.17) is 9.47 Å². The van der Waals surface area contributed by atoms with E-state index in [1.54, 1.807) is 0 Å². The molecule has 0 aromatic rings. The maximum atomic E-state index is 5.77. The number of hydrogen-bond acceptors (Lipinski definition) is 3. The summed E-state index contributed by atoms with van der Waals surface area (Å²) >= 11 is 0. The number of ether oxygens (including phenoxy) is 2. The molecule has 0 N–H and O–H groups in total. The van der Waals surface area contributed by atoms with Crippen LogP contribution < -0.4 is 0 Å². The van der Waals surface area contributed by atoms with Gasteiger partial charge in [-0.05, 0) is 11.8 Å². The largest absolute Gasteiger partial charge is 0.380 e. The van der Waals surface area contributed by atoms with Crippen LogP contribution in [0.2, 0.25) is 0 Å². The molecule has 1 fully saturated rings. The van der Waals surface area contributed by atoms with Crippen molar-refractivity contribution in [1.82, 2.24) is 4.90 Å². The normalized spacial score (nSPS) is 18.9. The Balaban J connectivity index is 2.02. The minimum Gasteiger partial charge on any atom is -0.380 e. The van der Waals surface area contributed by atoms with E-state index in [1.807, 2.05) is 0 Å². The molecule has 0 unspecified atom stereocenters. The lowest BCUT2D eigenvalue weighted by Gasteiger charge is -2.28. The van der Waals surface area contributed by atoms with Crippen LogP contribution in [0, 0.1) is 5.41 Å². The molecule has 0 amide bonds. The van der Waals surface area contributed by atoms with Crippen LogP contribution in [0.5, 0.6) is 0 Å². The summed E-state index contributed by atoms with van der Waals surface area (Å²) in [6.45, 7) is 13.4. The van der Waals surface area contributed by atoms with E-state index in [-0.39, 0.29) is 0 Å². The Hall–Kier alpha value is -0.120. The molecule has 0 spiro atoms. The number of morpholine rings is 1. The van der Waals surface area contributed by atoms with Crippen molar-refractivity contribution in [3.8, 4) is 0 Å². The van der Waals surface area contributed by atoms with Gasteiger partial charge in [0.1, 0.15) is 0 Å². The Kier molecular flexibility index (Phi) is 6.32. The molecule has 0 aromatic heterocycles. The van der Waals surface area contributed by atoms with Gasteiger partial charge in [-0.25, -0.2) is 0 Å². The average Bonchev–Trinajstić information content (AvgIpc) is 2.26. The second kappa shape index (κ2) is 7.25. The van der Waals surface area contributed by atoms with Gasteiger partial charge in [0.05, 0.1) is 26.4 Å². The molecule has 3 nitrogen and oxygen atoms in total. The molecule has 0 aliphatic carbocycles. The molecule has 1 rings (SSSR count). The summed E-state index contributed by atoms with van der Waals surface area (Å²) < 4.78 is 11.1. The predicted molar refractivity (Wildman–Crippen MR) is 66.8 cm³/mol. The highest BCUT2D eigenvalue weighted by molar-refractivity contribution is 4.67. The van der Waals surface area contributed by atoms with Crippen LogP contribution in [0.25, 0.3) is 0 Å². The lowest BCUT2D eigenvalue weighted by Crippen LogP contribution is -2.38. The monoisotopic (exact) mass is 229 g/mol. The van der Waals surface area contributed by atoms with Crippen molar-refractivity contribution in [3.63, 3.8) is 0 Å². The van der Waals surface area contributed by atoms with E-state index < -0.39 is 0 Å². The fraction of sp³-hybridized carbons (Fsp3) is 1.00. The van der Waals surface area contributed by atoms with Gasteiger partial charge in [-0.2, -0.15) is 0 Å². The van der Waals surface area contributed by atoms with E-state index in [1.165, 1.54) is 12.8 Å². The quantitative estimate of drug-likeness (QED) is 0.624. The van der Waals surface area contributed by atoms with E-state index in [9.17, 15) is 0 Å². The molecule has 0 radical (unpaired) electrons. The van der Waals surface area contributed by atoms with Crippen LogP contribution in [0.1, 0.15) is 33.6 Å². The van der Waals surface area contributed by atoms with E-state index in [0.29, 0.717) is 5.41 Å². The molecule has 3 heteroatoms. The molecule has 96 valence electrons. The SMILES string of the molecule is CCCC(C)(C)COCCN1CCOCC1. The van der Waals surface area contributed by atoms with Crippen LogP contribution >= 0.6 is 0 Å². The Bertz CT molecular complexity index is 177. The van der Waals surface area contributed by atoms with Crippen molar-refractivity contribution in [2.24, 2.45) is 5.41 Å². The summed E-state index contributed by atoms with van der Waals surface area (Å²) in [6.07, 6.45) is 2.48. The zero-order chi connectivity index (χ0) is 11.9. The van der Waals surface area contributed by atoms with Crippen molar-refractivity contribution in [2.45, 2.75) is 33.6 Å². The van der Waals surface area contributed by atoms with Crippen molar-refractivity contribution >= 4 is 0 Å². The second-order valence-electron chi connectivity index (χ2n) is 5.42.